The van der Waals surface area contributed by atoms with Crippen molar-refractivity contribution in [3.8, 4) is 0 Å². The molecule has 1 aromatic rings. The summed E-state index contributed by atoms with van der Waals surface area (Å²) in [5.41, 5.74) is 7.41. The first-order valence-electron chi connectivity index (χ1n) is 7.64. The van der Waals surface area contributed by atoms with Crippen molar-refractivity contribution in [2.45, 2.75) is 38.1 Å². The fourth-order valence-corrected chi connectivity index (χ4v) is 4.19. The molecule has 0 aromatic heterocycles. The van der Waals surface area contributed by atoms with Crippen molar-refractivity contribution >= 4 is 10.0 Å². The van der Waals surface area contributed by atoms with E-state index in [2.05, 4.69) is 19.1 Å². The molecule has 1 aliphatic rings. The van der Waals surface area contributed by atoms with Gasteiger partial charge in [-0.05, 0) is 37.2 Å². The van der Waals surface area contributed by atoms with Gasteiger partial charge in [-0.2, -0.15) is 0 Å². The predicted molar refractivity (Wildman–Crippen MR) is 86.4 cm³/mol. The molecule has 2 atom stereocenters. The van der Waals surface area contributed by atoms with Crippen molar-refractivity contribution in [2.75, 3.05) is 19.3 Å². The molecule has 118 valence electrons. The van der Waals surface area contributed by atoms with Crippen LogP contribution in [0.15, 0.2) is 30.3 Å². The lowest BCUT2D eigenvalue weighted by Crippen LogP contribution is -2.44. The van der Waals surface area contributed by atoms with E-state index < -0.39 is 10.0 Å². The molecule has 2 rings (SSSR count). The van der Waals surface area contributed by atoms with Crippen LogP contribution >= 0.6 is 0 Å². The lowest BCUT2D eigenvalue weighted by molar-refractivity contribution is 0.211. The molecule has 21 heavy (non-hydrogen) atoms. The number of nitrogens with zero attached hydrogens (tertiary/aromatic N) is 1. The van der Waals surface area contributed by atoms with Crippen LogP contribution in [0.25, 0.3) is 0 Å². The average molecular weight is 310 g/mol. The number of hydrogen-bond donors (Lipinski definition) is 1. The number of rotatable bonds is 5. The summed E-state index contributed by atoms with van der Waals surface area (Å²) in [5.74, 6) is 0.332. The Morgan fingerprint density at radius 1 is 1.33 bits per heavy atom. The summed E-state index contributed by atoms with van der Waals surface area (Å²) in [4.78, 5) is 0. The fraction of sp³-hybridized carbons (Fsp3) is 0.625. The highest BCUT2D eigenvalue weighted by molar-refractivity contribution is 7.88. The van der Waals surface area contributed by atoms with Crippen molar-refractivity contribution in [2.24, 2.45) is 11.7 Å². The van der Waals surface area contributed by atoms with E-state index in [1.54, 1.807) is 4.31 Å². The largest absolute Gasteiger partial charge is 0.321 e. The molecule has 5 heteroatoms. The van der Waals surface area contributed by atoms with Crippen molar-refractivity contribution in [1.29, 1.82) is 0 Å². The predicted octanol–water partition coefficient (Wildman–Crippen LogP) is 2.31. The van der Waals surface area contributed by atoms with Gasteiger partial charge in [-0.25, -0.2) is 12.7 Å². The van der Waals surface area contributed by atoms with Crippen LogP contribution in [0.5, 0.6) is 0 Å². The zero-order chi connectivity index (χ0) is 15.5. The first-order valence-corrected chi connectivity index (χ1v) is 9.49. The molecule has 1 heterocycles. The zero-order valence-corrected chi connectivity index (χ0v) is 13.8. The summed E-state index contributed by atoms with van der Waals surface area (Å²) in [5, 5.41) is 0. The molecular weight excluding hydrogens is 284 g/mol. The number of benzene rings is 1. The quantitative estimate of drug-likeness (QED) is 0.907. The van der Waals surface area contributed by atoms with E-state index in [9.17, 15) is 8.42 Å². The third-order valence-electron chi connectivity index (χ3n) is 4.58. The third kappa shape index (κ3) is 4.05. The second-order valence-corrected chi connectivity index (χ2v) is 8.19. The number of hydrogen-bond acceptors (Lipinski definition) is 3. The van der Waals surface area contributed by atoms with Gasteiger partial charge in [0.1, 0.15) is 0 Å². The maximum atomic E-state index is 11.7. The molecule has 2 unspecified atom stereocenters. The fourth-order valence-electron chi connectivity index (χ4n) is 3.25. The van der Waals surface area contributed by atoms with Gasteiger partial charge in [0.05, 0.1) is 6.26 Å². The Morgan fingerprint density at radius 3 is 2.57 bits per heavy atom. The van der Waals surface area contributed by atoms with Crippen LogP contribution in [0.1, 0.15) is 38.2 Å². The molecule has 0 aliphatic carbocycles. The monoisotopic (exact) mass is 310 g/mol. The maximum absolute atomic E-state index is 11.7. The summed E-state index contributed by atoms with van der Waals surface area (Å²) in [6.45, 7) is 3.35. The first kappa shape index (κ1) is 16.5. The summed E-state index contributed by atoms with van der Waals surface area (Å²) >= 11 is 0. The second kappa shape index (κ2) is 6.46. The van der Waals surface area contributed by atoms with E-state index in [0.29, 0.717) is 19.0 Å². The van der Waals surface area contributed by atoms with Crippen LogP contribution in [0, 0.1) is 5.92 Å². The minimum atomic E-state index is -3.09. The van der Waals surface area contributed by atoms with Crippen LogP contribution < -0.4 is 5.73 Å². The van der Waals surface area contributed by atoms with E-state index in [4.69, 9.17) is 5.73 Å². The van der Waals surface area contributed by atoms with Crippen molar-refractivity contribution in [3.05, 3.63) is 35.9 Å². The Kier molecular flexibility index (Phi) is 5.07. The van der Waals surface area contributed by atoms with Crippen LogP contribution in [0.4, 0.5) is 0 Å². The summed E-state index contributed by atoms with van der Waals surface area (Å²) in [7, 11) is -3.09. The first-order chi connectivity index (χ1) is 9.85. The van der Waals surface area contributed by atoms with Gasteiger partial charge >= 0.3 is 0 Å². The lowest BCUT2D eigenvalue weighted by Gasteiger charge is -2.37. The Balaban J connectivity index is 2.12. The van der Waals surface area contributed by atoms with Gasteiger partial charge in [0, 0.05) is 18.6 Å². The molecule has 1 saturated heterocycles. The zero-order valence-electron chi connectivity index (χ0n) is 13.0. The second-order valence-electron chi connectivity index (χ2n) is 6.21. The van der Waals surface area contributed by atoms with Crippen LogP contribution in [-0.2, 0) is 15.6 Å². The molecule has 0 radical (unpaired) electrons. The normalized spacial score (nSPS) is 23.7. The Morgan fingerprint density at radius 2 is 2.00 bits per heavy atom. The Hall–Kier alpha value is -0.910. The highest BCUT2D eigenvalue weighted by atomic mass is 32.2. The Labute approximate surface area is 128 Å². The van der Waals surface area contributed by atoms with Crippen molar-refractivity contribution in [3.63, 3.8) is 0 Å². The average Bonchev–Trinajstić information content (AvgIpc) is 2.47. The minimum absolute atomic E-state index is 0.332. The van der Waals surface area contributed by atoms with Gasteiger partial charge in [-0.15, -0.1) is 0 Å². The highest BCUT2D eigenvalue weighted by Gasteiger charge is 2.33. The standard InChI is InChI=1S/C16H26N2O2S/c1-3-16(17,15-9-5-4-6-10-15)12-14-8-7-11-18(13-14)21(2,19)20/h4-6,9-10,14H,3,7-8,11-13,17H2,1-2H3. The molecule has 0 amide bonds. The number of piperidine rings is 1. The molecule has 4 nitrogen and oxygen atoms in total. The maximum Gasteiger partial charge on any atom is 0.211 e. The molecule has 1 aromatic carbocycles. The van der Waals surface area contributed by atoms with Gasteiger partial charge < -0.3 is 5.73 Å². The van der Waals surface area contributed by atoms with Crippen LogP contribution in [0.3, 0.4) is 0 Å². The number of sulfonamides is 1. The SMILES string of the molecule is CCC(N)(CC1CCCN(S(C)(=O)=O)C1)c1ccccc1. The Bertz CT molecular complexity index is 559. The molecule has 1 fully saturated rings. The van der Waals surface area contributed by atoms with E-state index >= 15 is 0 Å². The van der Waals surface area contributed by atoms with E-state index in [-0.39, 0.29) is 5.54 Å². The van der Waals surface area contributed by atoms with Gasteiger partial charge in [-0.1, -0.05) is 37.3 Å². The van der Waals surface area contributed by atoms with Gasteiger partial charge in [0.2, 0.25) is 10.0 Å². The van der Waals surface area contributed by atoms with Gasteiger partial charge in [0.15, 0.2) is 0 Å². The van der Waals surface area contributed by atoms with Crippen LogP contribution in [-0.4, -0.2) is 32.1 Å². The highest BCUT2D eigenvalue weighted by Crippen LogP contribution is 2.33. The summed E-state index contributed by atoms with van der Waals surface area (Å²) < 4.78 is 25.1. The molecule has 0 bridgehead atoms. The molecule has 1 aliphatic heterocycles. The molecular formula is C16H26N2O2S. The number of nitrogens with two attached hydrogens (primary N) is 1. The summed E-state index contributed by atoms with van der Waals surface area (Å²) in [6, 6.07) is 10.2. The topological polar surface area (TPSA) is 63.4 Å². The van der Waals surface area contributed by atoms with Crippen molar-refractivity contribution < 1.29 is 8.42 Å². The molecule has 2 N–H and O–H groups in total. The van der Waals surface area contributed by atoms with E-state index in [0.717, 1.165) is 31.2 Å². The lowest BCUT2D eigenvalue weighted by atomic mass is 9.78. The van der Waals surface area contributed by atoms with E-state index in [1.165, 1.54) is 6.26 Å². The van der Waals surface area contributed by atoms with Gasteiger partial charge in [0.25, 0.3) is 0 Å². The smallest absolute Gasteiger partial charge is 0.211 e. The summed E-state index contributed by atoms with van der Waals surface area (Å²) in [6.07, 6.45) is 4.96. The van der Waals surface area contributed by atoms with Gasteiger partial charge in [-0.3, -0.25) is 0 Å². The van der Waals surface area contributed by atoms with Crippen LogP contribution in [0.2, 0.25) is 0 Å². The minimum Gasteiger partial charge on any atom is -0.321 e. The van der Waals surface area contributed by atoms with E-state index in [1.807, 2.05) is 18.2 Å². The third-order valence-corrected chi connectivity index (χ3v) is 5.85. The molecule has 0 spiro atoms. The molecule has 0 saturated carbocycles. The van der Waals surface area contributed by atoms with Crippen molar-refractivity contribution in [1.82, 2.24) is 4.31 Å².